The lowest BCUT2D eigenvalue weighted by molar-refractivity contribution is 0.163. The molecule has 0 fully saturated rings. The molecule has 0 radical (unpaired) electrons. The summed E-state index contributed by atoms with van der Waals surface area (Å²) >= 11 is 1.49. The number of fused-ring (bicyclic) bond motifs is 3. The average molecular weight is 459 g/mol. The van der Waals surface area contributed by atoms with Crippen LogP contribution in [0.5, 0.6) is 5.88 Å². The van der Waals surface area contributed by atoms with Gasteiger partial charge in [-0.25, -0.2) is 18.1 Å². The minimum atomic E-state index is -3.70. The number of sulfonamides is 1. The van der Waals surface area contributed by atoms with E-state index in [4.69, 9.17) is 0 Å². The van der Waals surface area contributed by atoms with Gasteiger partial charge < -0.3 is 15.2 Å². The van der Waals surface area contributed by atoms with E-state index in [-0.39, 0.29) is 23.9 Å². The van der Waals surface area contributed by atoms with Crippen molar-refractivity contribution in [2.75, 3.05) is 13.2 Å². The molecule has 4 N–H and O–H groups in total. The third kappa shape index (κ3) is 4.33. The van der Waals surface area contributed by atoms with Crippen LogP contribution in [0.1, 0.15) is 19.4 Å². The van der Waals surface area contributed by atoms with E-state index < -0.39 is 15.4 Å². The Bertz CT molecular complexity index is 1370. The molecule has 31 heavy (non-hydrogen) atoms. The number of aliphatic hydroxyl groups excluding tert-OH is 1. The first-order chi connectivity index (χ1) is 14.7. The predicted molar refractivity (Wildman–Crippen MR) is 123 cm³/mol. The molecule has 10 heteroatoms. The number of hydrogen-bond donors (Lipinski definition) is 4. The molecule has 0 atom stereocenters. The van der Waals surface area contributed by atoms with Crippen LogP contribution in [0.4, 0.5) is 5.69 Å². The Morgan fingerprint density at radius 3 is 2.68 bits per heavy atom. The number of aliphatic imine (C=N–C) groups is 1. The molecule has 0 aliphatic rings. The molecule has 162 valence electrons. The summed E-state index contributed by atoms with van der Waals surface area (Å²) in [6.45, 7) is 3.54. The van der Waals surface area contributed by atoms with Crippen molar-refractivity contribution < 1.29 is 18.6 Å². The first-order valence-electron chi connectivity index (χ1n) is 9.52. The molecule has 0 bridgehead atoms. The van der Waals surface area contributed by atoms with Crippen LogP contribution < -0.4 is 4.72 Å². The van der Waals surface area contributed by atoms with Gasteiger partial charge in [-0.3, -0.25) is 4.99 Å². The molecule has 0 aliphatic carbocycles. The summed E-state index contributed by atoms with van der Waals surface area (Å²) in [5.74, 6) is 0.00884. The van der Waals surface area contributed by atoms with Crippen LogP contribution in [0.15, 0.2) is 51.8 Å². The molecule has 2 aromatic carbocycles. The summed E-state index contributed by atoms with van der Waals surface area (Å²) in [6.07, 6.45) is 1.55. The quantitative estimate of drug-likeness (QED) is 0.315. The molecule has 0 saturated carbocycles. The van der Waals surface area contributed by atoms with Crippen molar-refractivity contribution in [2.24, 2.45) is 10.4 Å². The topological polar surface area (TPSA) is 128 Å². The third-order valence-corrected chi connectivity index (χ3v) is 7.21. The lowest BCUT2D eigenvalue weighted by atomic mass is 9.96. The zero-order valence-corrected chi connectivity index (χ0v) is 18.6. The summed E-state index contributed by atoms with van der Waals surface area (Å²) < 4.78 is 28.4. The van der Waals surface area contributed by atoms with Gasteiger partial charge in [0.2, 0.25) is 10.0 Å². The molecular formula is C21H22N4O4S2. The van der Waals surface area contributed by atoms with Gasteiger partial charge in [0.25, 0.3) is 0 Å². The summed E-state index contributed by atoms with van der Waals surface area (Å²) in [5.41, 5.74) is 3.92. The van der Waals surface area contributed by atoms with Crippen molar-refractivity contribution in [2.45, 2.75) is 18.7 Å². The van der Waals surface area contributed by atoms with Crippen molar-refractivity contribution in [1.82, 2.24) is 14.7 Å². The molecule has 0 spiro atoms. The van der Waals surface area contributed by atoms with Gasteiger partial charge in [-0.1, -0.05) is 13.8 Å². The van der Waals surface area contributed by atoms with Crippen molar-refractivity contribution in [1.29, 1.82) is 0 Å². The van der Waals surface area contributed by atoms with E-state index in [0.29, 0.717) is 11.3 Å². The van der Waals surface area contributed by atoms with E-state index in [1.807, 2.05) is 12.1 Å². The lowest BCUT2D eigenvalue weighted by Gasteiger charge is -2.21. The number of nitrogens with zero attached hydrogens (tertiary/aromatic N) is 2. The minimum Gasteiger partial charge on any atom is -0.494 e. The number of aromatic nitrogens is 2. The number of benzene rings is 2. The smallest absolute Gasteiger partial charge is 0.240 e. The van der Waals surface area contributed by atoms with Crippen molar-refractivity contribution >= 4 is 54.4 Å². The maximum atomic E-state index is 12.5. The van der Waals surface area contributed by atoms with E-state index in [1.54, 1.807) is 37.7 Å². The van der Waals surface area contributed by atoms with Crippen LogP contribution >= 0.6 is 11.3 Å². The standard InChI is InChI=1S/C21H22N4O4S2/c1-21(2,11-26)10-24-31(28,29)14-5-3-13(4-6-14)22-9-15-18-16(25-20(15)27)7-8-17-19(18)30-12-23-17/h3-9,12,24-27H,10-11H2,1-2H3. The molecule has 2 heterocycles. The highest BCUT2D eigenvalue weighted by Crippen LogP contribution is 2.34. The van der Waals surface area contributed by atoms with Crippen LogP contribution in [-0.4, -0.2) is 48.0 Å². The van der Waals surface area contributed by atoms with E-state index in [2.05, 4.69) is 19.7 Å². The van der Waals surface area contributed by atoms with E-state index >= 15 is 0 Å². The summed E-state index contributed by atoms with van der Waals surface area (Å²) in [5, 5.41) is 20.5. The number of aromatic hydroxyl groups is 1. The second kappa shape index (κ2) is 8.04. The molecule has 0 saturated heterocycles. The van der Waals surface area contributed by atoms with Crippen LogP contribution in [0.25, 0.3) is 21.1 Å². The fraction of sp³-hybridized carbons (Fsp3) is 0.238. The highest BCUT2D eigenvalue weighted by Gasteiger charge is 2.21. The number of aliphatic hydroxyl groups is 1. The molecular weight excluding hydrogens is 436 g/mol. The molecule has 0 aliphatic heterocycles. The number of aromatic amines is 1. The molecule has 8 nitrogen and oxygen atoms in total. The fourth-order valence-corrected chi connectivity index (χ4v) is 5.11. The molecule has 0 unspecified atom stereocenters. The zero-order valence-electron chi connectivity index (χ0n) is 17.0. The first-order valence-corrected chi connectivity index (χ1v) is 11.9. The predicted octanol–water partition coefficient (Wildman–Crippen LogP) is 3.53. The van der Waals surface area contributed by atoms with Gasteiger partial charge in [-0.15, -0.1) is 11.3 Å². The number of rotatable bonds is 7. The summed E-state index contributed by atoms with van der Waals surface area (Å²) in [4.78, 5) is 11.8. The molecule has 4 aromatic rings. The van der Waals surface area contributed by atoms with Gasteiger partial charge >= 0.3 is 0 Å². The van der Waals surface area contributed by atoms with Gasteiger partial charge in [0, 0.05) is 30.2 Å². The minimum absolute atomic E-state index is 0.00884. The highest BCUT2D eigenvalue weighted by atomic mass is 32.2. The zero-order chi connectivity index (χ0) is 22.2. The Morgan fingerprint density at radius 2 is 1.97 bits per heavy atom. The van der Waals surface area contributed by atoms with Crippen LogP contribution in [0.3, 0.4) is 0 Å². The normalized spacial score (nSPS) is 13.0. The molecule has 4 rings (SSSR count). The maximum absolute atomic E-state index is 12.5. The second-order valence-electron chi connectivity index (χ2n) is 7.97. The second-order valence-corrected chi connectivity index (χ2v) is 10.6. The Kier molecular flexibility index (Phi) is 5.56. The van der Waals surface area contributed by atoms with Crippen molar-refractivity contribution in [3.63, 3.8) is 0 Å². The Hall–Kier alpha value is -2.79. The van der Waals surface area contributed by atoms with Gasteiger partial charge in [0.15, 0.2) is 5.88 Å². The highest BCUT2D eigenvalue weighted by molar-refractivity contribution is 7.89. The summed E-state index contributed by atoms with van der Waals surface area (Å²) in [7, 11) is -3.70. The first kappa shape index (κ1) is 21.4. The van der Waals surface area contributed by atoms with Crippen LogP contribution in [0.2, 0.25) is 0 Å². The number of thiazole rings is 1. The van der Waals surface area contributed by atoms with Crippen LogP contribution in [0, 0.1) is 5.41 Å². The van der Waals surface area contributed by atoms with Crippen LogP contribution in [-0.2, 0) is 10.0 Å². The molecule has 0 amide bonds. The SMILES string of the molecule is CC(C)(CO)CNS(=O)(=O)c1ccc(N=Cc2c(O)[nH]c3ccc4ncsc4c23)cc1. The Labute approximate surface area is 183 Å². The van der Waals surface area contributed by atoms with Gasteiger partial charge in [-0.05, 0) is 36.4 Å². The number of H-pyrrole nitrogens is 1. The third-order valence-electron chi connectivity index (χ3n) is 4.94. The average Bonchev–Trinajstić information content (AvgIpc) is 3.34. The van der Waals surface area contributed by atoms with E-state index in [9.17, 15) is 18.6 Å². The number of hydrogen-bond acceptors (Lipinski definition) is 7. The van der Waals surface area contributed by atoms with Gasteiger partial charge in [-0.2, -0.15) is 0 Å². The van der Waals surface area contributed by atoms with E-state index in [1.165, 1.54) is 23.5 Å². The number of nitrogens with one attached hydrogen (secondary N) is 2. The van der Waals surface area contributed by atoms with Crippen molar-refractivity contribution in [3.8, 4) is 5.88 Å². The van der Waals surface area contributed by atoms with Gasteiger partial charge in [0.05, 0.1) is 37.4 Å². The largest absolute Gasteiger partial charge is 0.494 e. The van der Waals surface area contributed by atoms with E-state index in [0.717, 1.165) is 21.1 Å². The lowest BCUT2D eigenvalue weighted by Crippen LogP contribution is -2.36. The summed E-state index contributed by atoms with van der Waals surface area (Å²) in [6, 6.07) is 9.88. The maximum Gasteiger partial charge on any atom is 0.240 e. The Balaban J connectivity index is 1.59. The van der Waals surface area contributed by atoms with Crippen molar-refractivity contribution in [3.05, 3.63) is 47.5 Å². The fourth-order valence-electron chi connectivity index (χ4n) is 3.02. The monoisotopic (exact) mass is 458 g/mol. The molecule has 2 aromatic heterocycles. The van der Waals surface area contributed by atoms with Gasteiger partial charge in [0.1, 0.15) is 0 Å². The Morgan fingerprint density at radius 1 is 1.23 bits per heavy atom.